The average molecular weight is 281 g/mol. The summed E-state index contributed by atoms with van der Waals surface area (Å²) < 4.78 is 1.56. The third-order valence-corrected chi connectivity index (χ3v) is 2.98. The van der Waals surface area contributed by atoms with Gasteiger partial charge in [0.25, 0.3) is 5.91 Å². The fourth-order valence-electron chi connectivity index (χ4n) is 2.12. The fraction of sp³-hybridized carbons (Fsp3) is 0.643. The summed E-state index contributed by atoms with van der Waals surface area (Å²) in [7, 11) is 1.74. The van der Waals surface area contributed by atoms with Crippen LogP contribution in [0, 0.1) is 18.3 Å². The first-order valence-electron chi connectivity index (χ1n) is 6.61. The van der Waals surface area contributed by atoms with Crippen LogP contribution in [0.4, 0.5) is 0 Å². The molecule has 0 bridgehead atoms. The van der Waals surface area contributed by atoms with Crippen LogP contribution in [0.1, 0.15) is 43.2 Å². The van der Waals surface area contributed by atoms with Crippen LogP contribution in [0.15, 0.2) is 6.20 Å². The quantitative estimate of drug-likeness (QED) is 0.858. The third kappa shape index (κ3) is 4.68. The first-order chi connectivity index (χ1) is 9.10. The standard InChI is InChI=1S/C14H23N3O3/c1-9-11(8-17(5)16-9)12(18)15-7-10(13(19)20)6-14(2,3)4/h8,10H,6-7H2,1-5H3,(H,15,18)(H,19,20). The molecular weight excluding hydrogens is 258 g/mol. The van der Waals surface area contributed by atoms with Crippen LogP contribution in [0.5, 0.6) is 0 Å². The van der Waals surface area contributed by atoms with Crippen molar-refractivity contribution in [2.75, 3.05) is 6.54 Å². The van der Waals surface area contributed by atoms with Crippen molar-refractivity contribution in [3.63, 3.8) is 0 Å². The Morgan fingerprint density at radius 3 is 2.45 bits per heavy atom. The van der Waals surface area contributed by atoms with Crippen LogP contribution in [0.3, 0.4) is 0 Å². The highest BCUT2D eigenvalue weighted by atomic mass is 16.4. The van der Waals surface area contributed by atoms with Crippen LogP contribution < -0.4 is 5.32 Å². The molecule has 6 nitrogen and oxygen atoms in total. The second-order valence-corrected chi connectivity index (χ2v) is 6.31. The van der Waals surface area contributed by atoms with Crippen molar-refractivity contribution in [1.82, 2.24) is 15.1 Å². The minimum absolute atomic E-state index is 0.0992. The molecular formula is C14H23N3O3. The van der Waals surface area contributed by atoms with Gasteiger partial charge in [0.2, 0.25) is 0 Å². The van der Waals surface area contributed by atoms with E-state index in [0.29, 0.717) is 17.7 Å². The molecule has 1 rings (SSSR count). The average Bonchev–Trinajstić information content (AvgIpc) is 2.61. The molecule has 1 amide bonds. The molecule has 1 unspecified atom stereocenters. The van der Waals surface area contributed by atoms with Gasteiger partial charge in [-0.1, -0.05) is 20.8 Å². The lowest BCUT2D eigenvalue weighted by molar-refractivity contribution is -0.142. The van der Waals surface area contributed by atoms with Crippen molar-refractivity contribution >= 4 is 11.9 Å². The Kier molecular flexibility index (Phi) is 4.92. The molecule has 2 N–H and O–H groups in total. The lowest BCUT2D eigenvalue weighted by atomic mass is 9.84. The lowest BCUT2D eigenvalue weighted by Gasteiger charge is -2.23. The largest absolute Gasteiger partial charge is 0.481 e. The Morgan fingerprint density at radius 1 is 1.45 bits per heavy atom. The van der Waals surface area contributed by atoms with Crippen molar-refractivity contribution < 1.29 is 14.7 Å². The van der Waals surface area contributed by atoms with E-state index in [1.54, 1.807) is 24.9 Å². The maximum atomic E-state index is 12.0. The summed E-state index contributed by atoms with van der Waals surface area (Å²) >= 11 is 0. The topological polar surface area (TPSA) is 84.2 Å². The number of carbonyl (C=O) groups excluding carboxylic acids is 1. The summed E-state index contributed by atoms with van der Waals surface area (Å²) in [5, 5.41) is 16.0. The number of nitrogens with one attached hydrogen (secondary N) is 1. The number of nitrogens with zero attached hydrogens (tertiary/aromatic N) is 2. The Morgan fingerprint density at radius 2 is 2.05 bits per heavy atom. The van der Waals surface area contributed by atoms with E-state index in [1.807, 2.05) is 20.8 Å². The van der Waals surface area contributed by atoms with E-state index in [2.05, 4.69) is 10.4 Å². The van der Waals surface area contributed by atoms with Gasteiger partial charge >= 0.3 is 5.97 Å². The Balaban J connectivity index is 2.66. The molecule has 0 aromatic carbocycles. The van der Waals surface area contributed by atoms with Crippen molar-refractivity contribution in [2.45, 2.75) is 34.1 Å². The van der Waals surface area contributed by atoms with Crippen molar-refractivity contribution in [3.8, 4) is 0 Å². The minimum atomic E-state index is -0.886. The Hall–Kier alpha value is -1.85. The van der Waals surface area contributed by atoms with E-state index in [-0.39, 0.29) is 17.9 Å². The molecule has 20 heavy (non-hydrogen) atoms. The highest BCUT2D eigenvalue weighted by Gasteiger charge is 2.25. The number of carbonyl (C=O) groups is 2. The van der Waals surface area contributed by atoms with Gasteiger partial charge in [0.05, 0.1) is 17.2 Å². The summed E-state index contributed by atoms with van der Waals surface area (Å²) in [4.78, 5) is 23.2. The second kappa shape index (κ2) is 6.07. The molecule has 0 aliphatic carbocycles. The van der Waals surface area contributed by atoms with Crippen LogP contribution in [-0.4, -0.2) is 33.3 Å². The molecule has 1 aromatic rings. The summed E-state index contributed by atoms with van der Waals surface area (Å²) in [5.41, 5.74) is 1.01. The highest BCUT2D eigenvalue weighted by molar-refractivity contribution is 5.95. The van der Waals surface area contributed by atoms with Gasteiger partial charge < -0.3 is 10.4 Å². The van der Waals surface area contributed by atoms with Gasteiger partial charge in [-0.2, -0.15) is 5.10 Å². The number of amides is 1. The molecule has 0 saturated carbocycles. The van der Waals surface area contributed by atoms with Gasteiger partial charge in [-0.15, -0.1) is 0 Å². The Labute approximate surface area is 119 Å². The summed E-state index contributed by atoms with van der Waals surface area (Å²) in [6.07, 6.45) is 2.14. The van der Waals surface area contributed by atoms with Crippen LogP contribution in [-0.2, 0) is 11.8 Å². The van der Waals surface area contributed by atoms with Crippen LogP contribution in [0.2, 0.25) is 0 Å². The number of aromatic nitrogens is 2. The molecule has 1 aromatic heterocycles. The van der Waals surface area contributed by atoms with E-state index < -0.39 is 11.9 Å². The highest BCUT2D eigenvalue weighted by Crippen LogP contribution is 2.24. The molecule has 1 heterocycles. The van der Waals surface area contributed by atoms with E-state index in [4.69, 9.17) is 0 Å². The number of aryl methyl sites for hydroxylation is 2. The Bertz CT molecular complexity index is 500. The first-order valence-corrected chi connectivity index (χ1v) is 6.61. The predicted octanol–water partition coefficient (Wildman–Crippen LogP) is 1.60. The maximum absolute atomic E-state index is 12.0. The predicted molar refractivity (Wildman–Crippen MR) is 75.5 cm³/mol. The molecule has 0 aliphatic rings. The molecule has 112 valence electrons. The molecule has 0 saturated heterocycles. The monoisotopic (exact) mass is 281 g/mol. The second-order valence-electron chi connectivity index (χ2n) is 6.31. The summed E-state index contributed by atoms with van der Waals surface area (Å²) in [6, 6.07) is 0. The first kappa shape index (κ1) is 16.2. The molecule has 0 aliphatic heterocycles. The SMILES string of the molecule is Cc1nn(C)cc1C(=O)NCC(CC(C)(C)C)C(=O)O. The van der Waals surface area contributed by atoms with E-state index >= 15 is 0 Å². The molecule has 0 fully saturated rings. The molecule has 1 atom stereocenters. The maximum Gasteiger partial charge on any atom is 0.308 e. The smallest absolute Gasteiger partial charge is 0.308 e. The lowest BCUT2D eigenvalue weighted by Crippen LogP contribution is -2.35. The number of hydrogen-bond acceptors (Lipinski definition) is 3. The normalized spacial score (nSPS) is 13.1. The van der Waals surface area contributed by atoms with E-state index in [9.17, 15) is 14.7 Å². The number of carboxylic acid groups (broad SMARTS) is 1. The van der Waals surface area contributed by atoms with Gasteiger partial charge in [0, 0.05) is 19.8 Å². The zero-order valence-corrected chi connectivity index (χ0v) is 12.7. The van der Waals surface area contributed by atoms with Gasteiger partial charge in [0.15, 0.2) is 0 Å². The number of rotatable bonds is 5. The summed E-state index contributed by atoms with van der Waals surface area (Å²) in [5.74, 6) is -1.75. The van der Waals surface area contributed by atoms with Gasteiger partial charge in [-0.25, -0.2) is 0 Å². The van der Waals surface area contributed by atoms with Crippen LogP contribution in [0.25, 0.3) is 0 Å². The van der Waals surface area contributed by atoms with Gasteiger partial charge in [0.1, 0.15) is 0 Å². The van der Waals surface area contributed by atoms with Crippen LogP contribution >= 0.6 is 0 Å². The van der Waals surface area contributed by atoms with Gasteiger partial charge in [-0.3, -0.25) is 14.3 Å². The minimum Gasteiger partial charge on any atom is -0.481 e. The van der Waals surface area contributed by atoms with Gasteiger partial charge in [-0.05, 0) is 18.8 Å². The fourth-order valence-corrected chi connectivity index (χ4v) is 2.12. The molecule has 6 heteroatoms. The third-order valence-electron chi connectivity index (χ3n) is 2.98. The summed E-state index contributed by atoms with van der Waals surface area (Å²) in [6.45, 7) is 7.82. The van der Waals surface area contributed by atoms with E-state index in [0.717, 1.165) is 0 Å². The number of carboxylic acids is 1. The van der Waals surface area contributed by atoms with E-state index in [1.165, 1.54) is 0 Å². The van der Waals surface area contributed by atoms with Crippen molar-refractivity contribution in [2.24, 2.45) is 18.4 Å². The zero-order valence-electron chi connectivity index (χ0n) is 12.7. The zero-order chi connectivity index (χ0) is 15.5. The molecule has 0 radical (unpaired) electrons. The van der Waals surface area contributed by atoms with Crippen molar-refractivity contribution in [3.05, 3.63) is 17.5 Å². The number of hydrogen-bond donors (Lipinski definition) is 2. The van der Waals surface area contributed by atoms with Crippen molar-refractivity contribution in [1.29, 1.82) is 0 Å². The number of aliphatic carboxylic acids is 1. The molecule has 0 spiro atoms.